The Kier molecular flexibility index (Phi) is 5.22. The minimum Gasteiger partial charge on any atom is -0.481 e. The van der Waals surface area contributed by atoms with Gasteiger partial charge in [0.15, 0.2) is 0 Å². The van der Waals surface area contributed by atoms with Gasteiger partial charge in [-0.2, -0.15) is 0 Å². The van der Waals surface area contributed by atoms with Gasteiger partial charge in [-0.25, -0.2) is 4.79 Å². The summed E-state index contributed by atoms with van der Waals surface area (Å²) in [5.41, 5.74) is 0.780. The third-order valence-electron chi connectivity index (χ3n) is 3.31. The van der Waals surface area contributed by atoms with Gasteiger partial charge in [-0.15, -0.1) is 0 Å². The first kappa shape index (κ1) is 17.2. The quantitative estimate of drug-likeness (QED) is 0.590. The Morgan fingerprint density at radius 2 is 2.13 bits per heavy atom. The summed E-state index contributed by atoms with van der Waals surface area (Å²) in [5.74, 6) is -2.91. The van der Waals surface area contributed by atoms with Crippen LogP contribution in [-0.2, 0) is 21.4 Å². The number of aromatic nitrogens is 1. The highest BCUT2D eigenvalue weighted by atomic mass is 32.2. The molecular weight excluding hydrogens is 340 g/mol. The largest absolute Gasteiger partial charge is 0.481 e. The van der Waals surface area contributed by atoms with Crippen LogP contribution in [0.25, 0.3) is 6.08 Å². The lowest BCUT2D eigenvalue weighted by atomic mass is 10.1. The second kappa shape index (κ2) is 6.97. The maximum atomic E-state index is 12.5. The number of aliphatic carboxylic acids is 2. The Hall–Kier alpha value is -2.13. The van der Waals surface area contributed by atoms with Crippen LogP contribution < -0.4 is 0 Å². The molecule has 23 heavy (non-hydrogen) atoms. The van der Waals surface area contributed by atoms with E-state index in [4.69, 9.17) is 17.3 Å². The van der Waals surface area contributed by atoms with E-state index < -0.39 is 23.9 Å². The smallest absolute Gasteiger partial charge is 0.326 e. The van der Waals surface area contributed by atoms with Crippen LogP contribution in [0.2, 0.25) is 0 Å². The third-order valence-corrected chi connectivity index (χ3v) is 4.65. The van der Waals surface area contributed by atoms with Gasteiger partial charge in [0, 0.05) is 25.4 Å². The highest BCUT2D eigenvalue weighted by Crippen LogP contribution is 2.34. The van der Waals surface area contributed by atoms with Crippen LogP contribution in [0.5, 0.6) is 0 Å². The normalized spacial score (nSPS) is 17.8. The van der Waals surface area contributed by atoms with Crippen molar-refractivity contribution in [1.29, 1.82) is 0 Å². The molecule has 1 aromatic rings. The van der Waals surface area contributed by atoms with E-state index in [1.807, 2.05) is 29.9 Å². The van der Waals surface area contributed by atoms with Crippen molar-refractivity contribution in [2.75, 3.05) is 0 Å². The molecule has 2 heterocycles. The first-order valence-corrected chi connectivity index (χ1v) is 7.86. The number of thiocarbonyl (C=S) groups is 1. The Balaban J connectivity index is 2.26. The molecule has 0 aliphatic carbocycles. The molecule has 2 rings (SSSR count). The van der Waals surface area contributed by atoms with Crippen molar-refractivity contribution in [3.8, 4) is 0 Å². The minimum absolute atomic E-state index is 0.119. The number of carbonyl (C=O) groups excluding carboxylic acids is 1. The van der Waals surface area contributed by atoms with Gasteiger partial charge in [0.2, 0.25) is 0 Å². The topological polar surface area (TPSA) is 99.8 Å². The molecule has 1 aromatic heterocycles. The summed E-state index contributed by atoms with van der Waals surface area (Å²) < 4.78 is 1.93. The number of amides is 1. The molecule has 0 aromatic carbocycles. The summed E-state index contributed by atoms with van der Waals surface area (Å²) in [6, 6.07) is 2.35. The number of thioether (sulfide) groups is 1. The molecule has 9 heteroatoms. The van der Waals surface area contributed by atoms with E-state index in [1.165, 1.54) is 0 Å². The maximum Gasteiger partial charge on any atom is 0.326 e. The number of carboxylic acids is 2. The van der Waals surface area contributed by atoms with Gasteiger partial charge in [0.05, 0.1) is 4.91 Å². The molecule has 1 saturated heterocycles. The molecule has 2 N–H and O–H groups in total. The third kappa shape index (κ3) is 3.80. The molecule has 1 unspecified atom stereocenters. The van der Waals surface area contributed by atoms with Gasteiger partial charge in [0.25, 0.3) is 5.91 Å². The molecule has 0 spiro atoms. The summed E-state index contributed by atoms with van der Waals surface area (Å²) in [5, 5.41) is 18.0. The zero-order valence-electron chi connectivity index (χ0n) is 12.1. The molecule has 7 nitrogen and oxygen atoms in total. The Bertz CT molecular complexity index is 710. The standard InChI is InChI=1S/C14H14N2O5S2/c1-15-6-2-3-8(15)7-10-12(19)16(14(22)23-10)9(13(20)21)4-5-11(17)18/h2-3,6-7,9H,4-5H2,1H3,(H,17,18)(H,20,21)/b10-7-. The van der Waals surface area contributed by atoms with E-state index in [0.717, 1.165) is 22.4 Å². The zero-order chi connectivity index (χ0) is 17.1. The molecular formula is C14H14N2O5S2. The summed E-state index contributed by atoms with van der Waals surface area (Å²) >= 11 is 6.12. The molecule has 1 fully saturated rings. The summed E-state index contributed by atoms with van der Waals surface area (Å²) in [7, 11) is 1.82. The second-order valence-electron chi connectivity index (χ2n) is 4.88. The van der Waals surface area contributed by atoms with Crippen molar-refractivity contribution >= 4 is 52.2 Å². The van der Waals surface area contributed by atoms with E-state index in [-0.39, 0.29) is 17.2 Å². The fourth-order valence-corrected chi connectivity index (χ4v) is 3.47. The number of carboxylic acid groups (broad SMARTS) is 2. The van der Waals surface area contributed by atoms with Crippen molar-refractivity contribution in [2.45, 2.75) is 18.9 Å². The van der Waals surface area contributed by atoms with Crippen molar-refractivity contribution in [1.82, 2.24) is 9.47 Å². The van der Waals surface area contributed by atoms with Crippen LogP contribution in [0.15, 0.2) is 23.2 Å². The number of nitrogens with zero attached hydrogens (tertiary/aromatic N) is 2. The molecule has 1 aliphatic rings. The Morgan fingerprint density at radius 3 is 2.65 bits per heavy atom. The number of hydrogen-bond donors (Lipinski definition) is 2. The second-order valence-corrected chi connectivity index (χ2v) is 6.56. The average molecular weight is 354 g/mol. The summed E-state index contributed by atoms with van der Waals surface area (Å²) in [4.78, 5) is 35.8. The predicted octanol–water partition coefficient (Wildman–Crippen LogP) is 1.54. The van der Waals surface area contributed by atoms with Gasteiger partial charge >= 0.3 is 11.9 Å². The minimum atomic E-state index is -1.28. The van der Waals surface area contributed by atoms with Crippen LogP contribution in [0.1, 0.15) is 18.5 Å². The SMILES string of the molecule is Cn1cccc1/C=C1\SC(=S)N(C(CCC(=O)O)C(=O)O)C1=O. The number of rotatable bonds is 6. The predicted molar refractivity (Wildman–Crippen MR) is 88.7 cm³/mol. The van der Waals surface area contributed by atoms with E-state index in [2.05, 4.69) is 0 Å². The van der Waals surface area contributed by atoms with Crippen molar-refractivity contribution in [2.24, 2.45) is 7.05 Å². The van der Waals surface area contributed by atoms with Crippen LogP contribution in [-0.4, -0.2) is 47.9 Å². The molecule has 0 saturated carbocycles. The van der Waals surface area contributed by atoms with E-state index >= 15 is 0 Å². The maximum absolute atomic E-state index is 12.5. The molecule has 0 radical (unpaired) electrons. The summed E-state index contributed by atoms with van der Waals surface area (Å²) in [6.07, 6.45) is 2.90. The van der Waals surface area contributed by atoms with E-state index in [1.54, 1.807) is 6.08 Å². The van der Waals surface area contributed by atoms with Crippen LogP contribution in [0.3, 0.4) is 0 Å². The number of aryl methyl sites for hydroxylation is 1. The number of hydrogen-bond acceptors (Lipinski definition) is 5. The first-order chi connectivity index (χ1) is 10.8. The van der Waals surface area contributed by atoms with Gasteiger partial charge in [-0.05, 0) is 24.6 Å². The monoisotopic (exact) mass is 354 g/mol. The Morgan fingerprint density at radius 1 is 1.43 bits per heavy atom. The fraction of sp³-hybridized carbons (Fsp3) is 0.286. The Labute approximate surface area is 141 Å². The lowest BCUT2D eigenvalue weighted by Gasteiger charge is -2.22. The van der Waals surface area contributed by atoms with Crippen LogP contribution in [0, 0.1) is 0 Å². The van der Waals surface area contributed by atoms with Crippen molar-refractivity contribution in [3.05, 3.63) is 28.9 Å². The van der Waals surface area contributed by atoms with Gasteiger partial charge < -0.3 is 14.8 Å². The first-order valence-electron chi connectivity index (χ1n) is 6.64. The zero-order valence-corrected chi connectivity index (χ0v) is 13.8. The number of carbonyl (C=O) groups is 3. The van der Waals surface area contributed by atoms with Crippen molar-refractivity contribution < 1.29 is 24.6 Å². The van der Waals surface area contributed by atoms with Crippen LogP contribution in [0.4, 0.5) is 0 Å². The van der Waals surface area contributed by atoms with Gasteiger partial charge in [-0.3, -0.25) is 14.5 Å². The highest BCUT2D eigenvalue weighted by Gasteiger charge is 2.40. The summed E-state index contributed by atoms with van der Waals surface area (Å²) in [6.45, 7) is 0. The van der Waals surface area contributed by atoms with E-state index in [0.29, 0.717) is 4.91 Å². The average Bonchev–Trinajstić information content (AvgIpc) is 2.97. The molecule has 122 valence electrons. The fourth-order valence-electron chi connectivity index (χ4n) is 2.13. The molecule has 1 atom stereocenters. The molecule has 0 bridgehead atoms. The van der Waals surface area contributed by atoms with E-state index in [9.17, 15) is 19.5 Å². The highest BCUT2D eigenvalue weighted by molar-refractivity contribution is 8.26. The van der Waals surface area contributed by atoms with Gasteiger partial charge in [0.1, 0.15) is 10.4 Å². The molecule has 1 amide bonds. The molecule has 1 aliphatic heterocycles. The lowest BCUT2D eigenvalue weighted by molar-refractivity contribution is -0.146. The van der Waals surface area contributed by atoms with Gasteiger partial charge in [-0.1, -0.05) is 24.0 Å². The van der Waals surface area contributed by atoms with Crippen molar-refractivity contribution in [3.63, 3.8) is 0 Å². The lowest BCUT2D eigenvalue weighted by Crippen LogP contribution is -2.44. The van der Waals surface area contributed by atoms with Crippen LogP contribution >= 0.6 is 24.0 Å².